The van der Waals surface area contributed by atoms with Crippen LogP contribution >= 0.6 is 0 Å². The molecule has 0 N–H and O–H groups in total. The summed E-state index contributed by atoms with van der Waals surface area (Å²) >= 11 is 0. The van der Waals surface area contributed by atoms with E-state index >= 15 is 0 Å². The molecule has 1 nitrogen and oxygen atoms in total. The average molecular weight is 551 g/mol. The summed E-state index contributed by atoms with van der Waals surface area (Å²) in [5, 5.41) is 7.08. The smallest absolute Gasteiger partial charge is 0.136 e. The van der Waals surface area contributed by atoms with Gasteiger partial charge in [-0.1, -0.05) is 139 Å². The van der Waals surface area contributed by atoms with Crippen LogP contribution in [0, 0.1) is 0 Å². The molecule has 0 fully saturated rings. The van der Waals surface area contributed by atoms with Crippen molar-refractivity contribution < 1.29 is 9.90 Å². The minimum atomic E-state index is -0.248. The van der Waals surface area contributed by atoms with Crippen LogP contribution in [0.1, 0.15) is 5.48 Å². The first kappa shape index (κ1) is 20.3. The van der Waals surface area contributed by atoms with Crippen molar-refractivity contribution in [3.63, 3.8) is 0 Å². The summed E-state index contributed by atoms with van der Waals surface area (Å²) in [5.74, 6) is 0. The molecule has 9 aromatic rings. The van der Waals surface area contributed by atoms with E-state index in [1.54, 1.807) is 0 Å². The molecule has 0 amide bonds. The third-order valence-electron chi connectivity index (χ3n) is 8.58. The maximum atomic E-state index is 9.26. The van der Waals surface area contributed by atoms with Gasteiger partial charge in [-0.3, -0.25) is 0 Å². The van der Waals surface area contributed by atoms with E-state index in [4.69, 9.17) is 8.53 Å². The highest BCUT2D eigenvalue weighted by Crippen LogP contribution is 2.47. The monoisotopic (exact) mass is 550 g/mol. The van der Waals surface area contributed by atoms with E-state index in [-0.39, 0.29) is 24.2 Å². The van der Waals surface area contributed by atoms with Crippen molar-refractivity contribution in [1.82, 2.24) is 0 Å². The first-order chi connectivity index (χ1) is 23.0. The van der Waals surface area contributed by atoms with Crippen LogP contribution in [0.15, 0.2) is 162 Å². The Hall–Kier alpha value is -5.66. The van der Waals surface area contributed by atoms with Gasteiger partial charge in [-0.05, 0) is 83.9 Å². The zero-order valence-electron chi connectivity index (χ0n) is 27.1. The fourth-order valence-electron chi connectivity index (χ4n) is 6.74. The molecule has 0 atom stereocenters. The Bertz CT molecular complexity index is 2720. The SMILES string of the molecule is [2H]c1c([2H])c([2H])c2c(-c3cccc4oc5cc(-c6cccc7ccccc67)ccc5c34)c3ccccc3c(-c3ccccc3)c2c1[2H]. The molecule has 0 saturated heterocycles. The van der Waals surface area contributed by atoms with E-state index in [0.717, 1.165) is 66.1 Å². The molecular weight excluding hydrogens is 520 g/mol. The highest BCUT2D eigenvalue weighted by molar-refractivity contribution is 6.25. The van der Waals surface area contributed by atoms with Crippen LogP contribution in [-0.2, 0) is 0 Å². The molecule has 43 heavy (non-hydrogen) atoms. The summed E-state index contributed by atoms with van der Waals surface area (Å²) in [6, 6.07) is 44.4. The molecule has 1 aromatic heterocycles. The van der Waals surface area contributed by atoms with E-state index in [1.807, 2.05) is 66.7 Å². The average Bonchev–Trinajstić information content (AvgIpc) is 3.50. The lowest BCUT2D eigenvalue weighted by molar-refractivity contribution is 0.669. The molecule has 0 unspecified atom stereocenters. The summed E-state index contributed by atoms with van der Waals surface area (Å²) < 4.78 is 42.4. The fourth-order valence-corrected chi connectivity index (χ4v) is 6.74. The number of furan rings is 1. The second-order valence-corrected chi connectivity index (χ2v) is 10.9. The Balaban J connectivity index is 1.41. The van der Waals surface area contributed by atoms with E-state index in [9.17, 15) is 1.37 Å². The molecule has 1 heterocycles. The van der Waals surface area contributed by atoms with Crippen molar-refractivity contribution in [3.8, 4) is 33.4 Å². The Morgan fingerprint density at radius 2 is 1.07 bits per heavy atom. The fraction of sp³-hybridized carbons (Fsp3) is 0. The van der Waals surface area contributed by atoms with Gasteiger partial charge in [0.1, 0.15) is 11.2 Å². The zero-order valence-corrected chi connectivity index (χ0v) is 23.1. The first-order valence-corrected chi connectivity index (χ1v) is 14.4. The molecule has 1 heteroatoms. The third-order valence-corrected chi connectivity index (χ3v) is 8.58. The molecular formula is C42H26O. The Labute approximate surface area is 254 Å². The topological polar surface area (TPSA) is 13.1 Å². The molecule has 0 saturated carbocycles. The van der Waals surface area contributed by atoms with Gasteiger partial charge in [0.2, 0.25) is 0 Å². The van der Waals surface area contributed by atoms with Gasteiger partial charge in [-0.2, -0.15) is 0 Å². The molecule has 0 aliphatic heterocycles. The van der Waals surface area contributed by atoms with Gasteiger partial charge in [0, 0.05) is 10.8 Å². The summed E-state index contributed by atoms with van der Waals surface area (Å²) in [4.78, 5) is 0. The standard InChI is InChI=1S/C42H26O/c1-2-13-28(14-3-1)40-32-17-6-8-19-34(32)41(35-20-9-7-18-33(35)40)37-22-11-23-38-42(37)36-25-24-29(26-39(36)43-38)31-21-10-15-27-12-4-5-16-30(27)31/h1-26H/i6D,8D,17D,19D. The van der Waals surface area contributed by atoms with Crippen LogP contribution in [0.4, 0.5) is 0 Å². The number of hydrogen-bond acceptors (Lipinski definition) is 1. The summed E-state index contributed by atoms with van der Waals surface area (Å²) in [5.41, 5.74) is 7.02. The van der Waals surface area contributed by atoms with Crippen molar-refractivity contribution in [2.45, 2.75) is 0 Å². The summed E-state index contributed by atoms with van der Waals surface area (Å²) in [6.07, 6.45) is 0. The molecule has 200 valence electrons. The van der Waals surface area contributed by atoms with Crippen molar-refractivity contribution in [3.05, 3.63) is 158 Å². The summed E-state index contributed by atoms with van der Waals surface area (Å²) in [6.45, 7) is 0. The molecule has 8 aromatic carbocycles. The van der Waals surface area contributed by atoms with Crippen LogP contribution in [0.2, 0.25) is 0 Å². The first-order valence-electron chi connectivity index (χ1n) is 16.4. The maximum Gasteiger partial charge on any atom is 0.136 e. The van der Waals surface area contributed by atoms with Crippen LogP contribution < -0.4 is 0 Å². The Morgan fingerprint density at radius 1 is 0.419 bits per heavy atom. The molecule has 0 bridgehead atoms. The van der Waals surface area contributed by atoms with E-state index in [0.29, 0.717) is 10.8 Å². The van der Waals surface area contributed by atoms with Crippen LogP contribution in [-0.4, -0.2) is 0 Å². The minimum Gasteiger partial charge on any atom is -0.456 e. The number of hydrogen-bond donors (Lipinski definition) is 0. The highest BCUT2D eigenvalue weighted by Gasteiger charge is 2.20. The van der Waals surface area contributed by atoms with Gasteiger partial charge in [-0.15, -0.1) is 0 Å². The van der Waals surface area contributed by atoms with Gasteiger partial charge in [-0.25, -0.2) is 0 Å². The Morgan fingerprint density at radius 3 is 1.91 bits per heavy atom. The van der Waals surface area contributed by atoms with Crippen molar-refractivity contribution in [1.29, 1.82) is 0 Å². The molecule has 0 radical (unpaired) electrons. The maximum absolute atomic E-state index is 9.26. The lowest BCUT2D eigenvalue weighted by Crippen LogP contribution is -1.91. The second kappa shape index (κ2) is 9.44. The van der Waals surface area contributed by atoms with E-state index in [1.165, 1.54) is 10.8 Å². The molecule has 0 aliphatic carbocycles. The van der Waals surface area contributed by atoms with E-state index in [2.05, 4.69) is 66.7 Å². The number of benzene rings is 8. The van der Waals surface area contributed by atoms with Gasteiger partial charge >= 0.3 is 0 Å². The van der Waals surface area contributed by atoms with Gasteiger partial charge in [0.25, 0.3) is 0 Å². The predicted molar refractivity (Wildman–Crippen MR) is 183 cm³/mol. The predicted octanol–water partition coefficient (Wildman–Crippen LogP) is 12.0. The number of rotatable bonds is 3. The third kappa shape index (κ3) is 3.65. The normalized spacial score (nSPS) is 13.0. The second-order valence-electron chi connectivity index (χ2n) is 10.9. The lowest BCUT2D eigenvalue weighted by Gasteiger charge is -2.18. The lowest BCUT2D eigenvalue weighted by atomic mass is 9.85. The number of fused-ring (bicyclic) bond motifs is 6. The quantitative estimate of drug-likeness (QED) is 0.199. The van der Waals surface area contributed by atoms with Crippen molar-refractivity contribution >= 4 is 54.3 Å². The highest BCUT2D eigenvalue weighted by atomic mass is 16.3. The Kier molecular flexibility index (Phi) is 4.45. The van der Waals surface area contributed by atoms with Crippen LogP contribution in [0.5, 0.6) is 0 Å². The zero-order chi connectivity index (χ0) is 31.8. The molecule has 0 aliphatic rings. The van der Waals surface area contributed by atoms with Crippen molar-refractivity contribution in [2.24, 2.45) is 0 Å². The van der Waals surface area contributed by atoms with Crippen molar-refractivity contribution in [2.75, 3.05) is 0 Å². The van der Waals surface area contributed by atoms with Crippen LogP contribution in [0.3, 0.4) is 0 Å². The van der Waals surface area contributed by atoms with Gasteiger partial charge < -0.3 is 4.42 Å². The summed E-state index contributed by atoms with van der Waals surface area (Å²) in [7, 11) is 0. The van der Waals surface area contributed by atoms with Crippen LogP contribution in [0.25, 0.3) is 87.6 Å². The van der Waals surface area contributed by atoms with Gasteiger partial charge in [0.15, 0.2) is 0 Å². The largest absolute Gasteiger partial charge is 0.456 e. The molecule has 0 spiro atoms. The molecule has 9 rings (SSSR count). The van der Waals surface area contributed by atoms with E-state index < -0.39 is 0 Å². The van der Waals surface area contributed by atoms with Gasteiger partial charge in [0.05, 0.1) is 5.48 Å². The minimum absolute atomic E-state index is 0.0455.